The second kappa shape index (κ2) is 5.05. The van der Waals surface area contributed by atoms with Crippen molar-refractivity contribution in [3.05, 3.63) is 23.4 Å². The van der Waals surface area contributed by atoms with Gasteiger partial charge in [-0.15, -0.1) is 0 Å². The van der Waals surface area contributed by atoms with Gasteiger partial charge in [0, 0.05) is 36.4 Å². The molecule has 5 heteroatoms. The predicted octanol–water partition coefficient (Wildman–Crippen LogP) is 1.35. The van der Waals surface area contributed by atoms with Crippen LogP contribution in [0.4, 0.5) is 5.82 Å². The average Bonchev–Trinajstić information content (AvgIpc) is 2.83. The van der Waals surface area contributed by atoms with Gasteiger partial charge in [0.15, 0.2) is 0 Å². The molecular formula is C15H23N5. The zero-order chi connectivity index (χ0) is 14.3. The Hall–Kier alpha value is -1.62. The van der Waals surface area contributed by atoms with Crippen LogP contribution in [-0.4, -0.2) is 47.4 Å². The zero-order valence-corrected chi connectivity index (χ0v) is 12.3. The maximum atomic E-state index is 7.63. The number of amidine groups is 1. The van der Waals surface area contributed by atoms with E-state index in [0.717, 1.165) is 30.2 Å². The zero-order valence-electron chi connectivity index (χ0n) is 12.3. The molecule has 2 aliphatic heterocycles. The van der Waals surface area contributed by atoms with Crippen molar-refractivity contribution in [2.75, 3.05) is 24.5 Å². The first-order valence-electron chi connectivity index (χ1n) is 7.38. The molecule has 2 unspecified atom stereocenters. The number of nitrogens with zero attached hydrogens (tertiary/aromatic N) is 3. The van der Waals surface area contributed by atoms with E-state index in [2.05, 4.69) is 21.7 Å². The average molecular weight is 273 g/mol. The molecule has 3 N–H and O–H groups in total. The predicted molar refractivity (Wildman–Crippen MR) is 81.4 cm³/mol. The molecule has 3 rings (SSSR count). The van der Waals surface area contributed by atoms with Crippen molar-refractivity contribution in [1.82, 2.24) is 9.88 Å². The molecule has 1 aromatic rings. The van der Waals surface area contributed by atoms with Crippen LogP contribution < -0.4 is 10.6 Å². The summed E-state index contributed by atoms with van der Waals surface area (Å²) in [4.78, 5) is 9.64. The van der Waals surface area contributed by atoms with Crippen molar-refractivity contribution in [3.8, 4) is 0 Å². The highest BCUT2D eigenvalue weighted by atomic mass is 15.3. The van der Waals surface area contributed by atoms with Gasteiger partial charge in [-0.2, -0.15) is 0 Å². The summed E-state index contributed by atoms with van der Waals surface area (Å²) in [6.45, 7) is 7.60. The number of nitrogen functional groups attached to an aromatic ring is 1. The molecular weight excluding hydrogens is 250 g/mol. The number of hydrogen-bond donors (Lipinski definition) is 2. The summed E-state index contributed by atoms with van der Waals surface area (Å²) in [5, 5.41) is 7.63. The second-order valence-corrected chi connectivity index (χ2v) is 6.06. The summed E-state index contributed by atoms with van der Waals surface area (Å²) < 4.78 is 0. The normalized spacial score (nSPS) is 26.6. The minimum Gasteiger partial charge on any atom is -0.384 e. The maximum Gasteiger partial charge on any atom is 0.129 e. The summed E-state index contributed by atoms with van der Waals surface area (Å²) in [5.41, 5.74) is 7.33. The molecule has 20 heavy (non-hydrogen) atoms. The summed E-state index contributed by atoms with van der Waals surface area (Å²) in [5.74, 6) is 1.08. The number of fused-ring (bicyclic) bond motifs is 1. The lowest BCUT2D eigenvalue weighted by Gasteiger charge is -2.43. The van der Waals surface area contributed by atoms with Crippen LogP contribution in [0.2, 0.25) is 0 Å². The Morgan fingerprint density at radius 3 is 2.95 bits per heavy atom. The molecule has 0 amide bonds. The van der Waals surface area contributed by atoms with E-state index in [9.17, 15) is 0 Å². The largest absolute Gasteiger partial charge is 0.384 e. The minimum absolute atomic E-state index is 0.115. The van der Waals surface area contributed by atoms with Gasteiger partial charge >= 0.3 is 0 Å². The van der Waals surface area contributed by atoms with Crippen LogP contribution in [0.3, 0.4) is 0 Å². The molecule has 3 heterocycles. The SMILES string of the molecule is Cc1cc(C(=N)N)cc(N2CC3CCCN3CC2C)n1. The number of aryl methyl sites for hydroxylation is 1. The highest BCUT2D eigenvalue weighted by molar-refractivity contribution is 5.95. The van der Waals surface area contributed by atoms with Gasteiger partial charge < -0.3 is 10.6 Å². The smallest absolute Gasteiger partial charge is 0.129 e. The molecule has 0 aromatic carbocycles. The molecule has 2 fully saturated rings. The third-order valence-electron chi connectivity index (χ3n) is 4.48. The molecule has 2 aliphatic rings. The molecule has 108 valence electrons. The quantitative estimate of drug-likeness (QED) is 0.630. The van der Waals surface area contributed by atoms with Crippen LogP contribution in [0.15, 0.2) is 12.1 Å². The Kier molecular flexibility index (Phi) is 3.38. The lowest BCUT2D eigenvalue weighted by atomic mass is 10.1. The van der Waals surface area contributed by atoms with Crippen molar-refractivity contribution in [1.29, 1.82) is 5.41 Å². The fraction of sp³-hybridized carbons (Fsp3) is 0.600. The van der Waals surface area contributed by atoms with Crippen LogP contribution in [0.1, 0.15) is 31.0 Å². The first-order valence-corrected chi connectivity index (χ1v) is 7.38. The van der Waals surface area contributed by atoms with Crippen molar-refractivity contribution < 1.29 is 0 Å². The maximum absolute atomic E-state index is 7.63. The topological polar surface area (TPSA) is 69.2 Å². The summed E-state index contributed by atoms with van der Waals surface area (Å²) in [6.07, 6.45) is 2.60. The highest BCUT2D eigenvalue weighted by Gasteiger charge is 2.35. The Bertz CT molecular complexity index is 527. The van der Waals surface area contributed by atoms with E-state index in [1.165, 1.54) is 19.4 Å². The van der Waals surface area contributed by atoms with Crippen LogP contribution in [-0.2, 0) is 0 Å². The molecule has 5 nitrogen and oxygen atoms in total. The Labute approximate surface area is 120 Å². The van der Waals surface area contributed by atoms with Crippen LogP contribution in [0, 0.1) is 12.3 Å². The highest BCUT2D eigenvalue weighted by Crippen LogP contribution is 2.28. The van der Waals surface area contributed by atoms with Crippen molar-refractivity contribution in [2.24, 2.45) is 5.73 Å². The number of anilines is 1. The Morgan fingerprint density at radius 1 is 1.40 bits per heavy atom. The summed E-state index contributed by atoms with van der Waals surface area (Å²) in [6, 6.07) is 4.95. The summed E-state index contributed by atoms with van der Waals surface area (Å²) >= 11 is 0. The van der Waals surface area contributed by atoms with E-state index < -0.39 is 0 Å². The Morgan fingerprint density at radius 2 is 2.20 bits per heavy atom. The van der Waals surface area contributed by atoms with E-state index in [4.69, 9.17) is 11.1 Å². The van der Waals surface area contributed by atoms with E-state index >= 15 is 0 Å². The monoisotopic (exact) mass is 273 g/mol. The standard InChI is InChI=1S/C15H23N5/c1-10-6-12(15(16)17)7-14(18-10)20-9-13-4-3-5-19(13)8-11(20)2/h6-7,11,13H,3-5,8-9H2,1-2H3,(H3,16,17). The third-order valence-corrected chi connectivity index (χ3v) is 4.48. The second-order valence-electron chi connectivity index (χ2n) is 6.06. The number of piperazine rings is 1. The Balaban J connectivity index is 1.89. The molecule has 0 saturated carbocycles. The number of rotatable bonds is 2. The number of aromatic nitrogens is 1. The van der Waals surface area contributed by atoms with E-state index in [1.54, 1.807) is 0 Å². The fourth-order valence-corrected chi connectivity index (χ4v) is 3.46. The van der Waals surface area contributed by atoms with Crippen molar-refractivity contribution >= 4 is 11.7 Å². The first-order chi connectivity index (χ1) is 9.54. The van der Waals surface area contributed by atoms with Crippen LogP contribution in [0.25, 0.3) is 0 Å². The fourth-order valence-electron chi connectivity index (χ4n) is 3.46. The molecule has 0 spiro atoms. The van der Waals surface area contributed by atoms with Gasteiger partial charge in [0.25, 0.3) is 0 Å². The van der Waals surface area contributed by atoms with Gasteiger partial charge in [-0.05, 0) is 45.4 Å². The van der Waals surface area contributed by atoms with Crippen molar-refractivity contribution in [2.45, 2.75) is 38.8 Å². The molecule has 0 aliphatic carbocycles. The minimum atomic E-state index is 0.115. The van der Waals surface area contributed by atoms with Gasteiger partial charge in [0.05, 0.1) is 0 Å². The van der Waals surface area contributed by atoms with Gasteiger partial charge in [0.2, 0.25) is 0 Å². The van der Waals surface area contributed by atoms with Gasteiger partial charge in [0.1, 0.15) is 11.7 Å². The molecule has 2 atom stereocenters. The molecule has 0 bridgehead atoms. The number of hydrogen-bond acceptors (Lipinski definition) is 4. The first kappa shape index (κ1) is 13.4. The van der Waals surface area contributed by atoms with Gasteiger partial charge in [-0.25, -0.2) is 4.98 Å². The van der Waals surface area contributed by atoms with Crippen molar-refractivity contribution in [3.63, 3.8) is 0 Å². The van der Waals surface area contributed by atoms with Gasteiger partial charge in [-0.1, -0.05) is 0 Å². The number of pyridine rings is 1. The van der Waals surface area contributed by atoms with E-state index in [0.29, 0.717) is 12.1 Å². The molecule has 2 saturated heterocycles. The molecule has 0 radical (unpaired) electrons. The number of nitrogens with one attached hydrogen (secondary N) is 1. The van der Waals surface area contributed by atoms with E-state index in [1.807, 2.05) is 19.1 Å². The van der Waals surface area contributed by atoms with E-state index in [-0.39, 0.29) is 5.84 Å². The lowest BCUT2D eigenvalue weighted by molar-refractivity contribution is 0.202. The molecule has 1 aromatic heterocycles. The van der Waals surface area contributed by atoms with Crippen LogP contribution >= 0.6 is 0 Å². The lowest BCUT2D eigenvalue weighted by Crippen LogP contribution is -2.55. The van der Waals surface area contributed by atoms with Crippen LogP contribution in [0.5, 0.6) is 0 Å². The third kappa shape index (κ3) is 2.38. The summed E-state index contributed by atoms with van der Waals surface area (Å²) in [7, 11) is 0. The van der Waals surface area contributed by atoms with Gasteiger partial charge in [-0.3, -0.25) is 10.3 Å². The number of nitrogens with two attached hydrogens (primary N) is 1.